The topological polar surface area (TPSA) is 159 Å². The fourth-order valence-corrected chi connectivity index (χ4v) is 5.49. The zero-order valence-electron chi connectivity index (χ0n) is 26.9. The minimum absolute atomic E-state index is 0.0394. The average molecular weight is 654 g/mol. The number of carbonyl (C=O) groups is 5. The van der Waals surface area contributed by atoms with Crippen LogP contribution in [0.15, 0.2) is 48.5 Å². The van der Waals surface area contributed by atoms with Gasteiger partial charge in [0.05, 0.1) is 31.3 Å². The summed E-state index contributed by atoms with van der Waals surface area (Å²) >= 11 is 0. The third-order valence-corrected chi connectivity index (χ3v) is 7.84. The molecule has 0 saturated carbocycles. The van der Waals surface area contributed by atoms with Crippen molar-refractivity contribution < 1.29 is 47.7 Å². The summed E-state index contributed by atoms with van der Waals surface area (Å²) in [6.07, 6.45) is 2.35. The van der Waals surface area contributed by atoms with Gasteiger partial charge >= 0.3 is 17.9 Å². The van der Waals surface area contributed by atoms with Gasteiger partial charge in [-0.2, -0.15) is 0 Å². The van der Waals surface area contributed by atoms with Gasteiger partial charge in [-0.05, 0) is 63.9 Å². The zero-order valence-corrected chi connectivity index (χ0v) is 26.9. The molecule has 254 valence electrons. The number of hydrogen-bond acceptors (Lipinski definition) is 11. The molecule has 2 aliphatic rings. The first-order valence-electron chi connectivity index (χ1n) is 16.0. The molecule has 0 spiro atoms. The van der Waals surface area contributed by atoms with Gasteiger partial charge in [-0.15, -0.1) is 0 Å². The van der Waals surface area contributed by atoms with Crippen LogP contribution in [0.1, 0.15) is 67.9 Å². The molecular weight excluding hydrogens is 610 g/mol. The summed E-state index contributed by atoms with van der Waals surface area (Å²) in [6, 6.07) is 12.0. The molecule has 0 radical (unpaired) electrons. The van der Waals surface area contributed by atoms with Crippen molar-refractivity contribution in [1.82, 2.24) is 15.5 Å². The molecule has 2 fully saturated rings. The van der Waals surface area contributed by atoms with E-state index >= 15 is 0 Å². The van der Waals surface area contributed by atoms with Gasteiger partial charge in [0, 0.05) is 25.6 Å². The van der Waals surface area contributed by atoms with Crippen LogP contribution in [0, 0.1) is 0 Å². The molecule has 0 aromatic heterocycles. The van der Waals surface area contributed by atoms with Gasteiger partial charge in [0.15, 0.2) is 0 Å². The van der Waals surface area contributed by atoms with Gasteiger partial charge in [0.1, 0.15) is 30.3 Å². The summed E-state index contributed by atoms with van der Waals surface area (Å²) < 4.78 is 27.4. The van der Waals surface area contributed by atoms with Crippen LogP contribution in [-0.2, 0) is 33.4 Å². The van der Waals surface area contributed by atoms with Crippen molar-refractivity contribution in [3.8, 4) is 11.5 Å². The molecule has 2 aromatic carbocycles. The van der Waals surface area contributed by atoms with Crippen LogP contribution < -0.4 is 20.1 Å². The molecule has 2 N–H and O–H groups in total. The Kier molecular flexibility index (Phi) is 13.7. The largest absolute Gasteiger partial charge is 0.464 e. The first-order chi connectivity index (χ1) is 22.7. The number of ether oxygens (including phenoxy) is 5. The minimum atomic E-state index is -0.850. The lowest BCUT2D eigenvalue weighted by Gasteiger charge is -2.33. The van der Waals surface area contributed by atoms with Crippen LogP contribution in [0.4, 0.5) is 0 Å². The molecule has 0 bridgehead atoms. The molecule has 13 heteroatoms. The lowest BCUT2D eigenvalue weighted by atomic mass is 10.00. The molecule has 47 heavy (non-hydrogen) atoms. The molecule has 2 aliphatic heterocycles. The van der Waals surface area contributed by atoms with Crippen molar-refractivity contribution in [2.45, 2.75) is 64.2 Å². The second-order valence-corrected chi connectivity index (χ2v) is 11.3. The fraction of sp³-hybridized carbons (Fsp3) is 0.500. The third kappa shape index (κ3) is 11.2. The smallest absolute Gasteiger partial charge is 0.347 e. The number of carbonyl (C=O) groups excluding carboxylic acids is 5. The van der Waals surface area contributed by atoms with Crippen LogP contribution in [0.2, 0.25) is 0 Å². The molecule has 2 saturated heterocycles. The van der Waals surface area contributed by atoms with Gasteiger partial charge in [-0.25, -0.2) is 9.59 Å². The van der Waals surface area contributed by atoms with Gasteiger partial charge in [0.25, 0.3) is 0 Å². The highest BCUT2D eigenvalue weighted by Crippen LogP contribution is 2.30. The molecule has 2 amide bonds. The van der Waals surface area contributed by atoms with Crippen molar-refractivity contribution in [3.05, 3.63) is 59.7 Å². The standard InChI is InChI=1S/C34H43N3O10/c1-3-43-33(41)22-45-25-14-18-37(19-15-25)32(40)20-28(36-31(39)21-44-24-12-16-35-17-13-24)26-8-4-6-10-29(26)47-34(42)27-9-5-7-11-30(27)46-23(2)38/h4-11,24-25,28,35H,3,12-22H2,1-2H3,(H,36,39). The van der Waals surface area contributed by atoms with Crippen LogP contribution in [0.5, 0.6) is 11.5 Å². The van der Waals surface area contributed by atoms with Crippen molar-refractivity contribution >= 4 is 29.7 Å². The molecular formula is C34H43N3O10. The first-order valence-corrected chi connectivity index (χ1v) is 16.0. The lowest BCUT2D eigenvalue weighted by molar-refractivity contribution is -0.152. The number of likely N-dealkylation sites (tertiary alicyclic amines) is 1. The average Bonchev–Trinajstić information content (AvgIpc) is 3.07. The molecule has 4 rings (SSSR count). The van der Waals surface area contributed by atoms with Crippen molar-refractivity contribution in [1.29, 1.82) is 0 Å². The fourth-order valence-electron chi connectivity index (χ4n) is 5.49. The number of rotatable bonds is 14. The van der Waals surface area contributed by atoms with Gasteiger partial charge < -0.3 is 39.2 Å². The summed E-state index contributed by atoms with van der Waals surface area (Å²) in [4.78, 5) is 65.0. The Balaban J connectivity index is 1.47. The number of amides is 2. The molecule has 13 nitrogen and oxygen atoms in total. The molecule has 2 heterocycles. The van der Waals surface area contributed by atoms with Crippen LogP contribution in [0.3, 0.4) is 0 Å². The third-order valence-electron chi connectivity index (χ3n) is 7.84. The van der Waals surface area contributed by atoms with E-state index in [9.17, 15) is 24.0 Å². The summed E-state index contributed by atoms with van der Waals surface area (Å²) in [5, 5.41) is 6.18. The quantitative estimate of drug-likeness (QED) is 0.228. The van der Waals surface area contributed by atoms with E-state index in [0.717, 1.165) is 25.9 Å². The maximum atomic E-state index is 13.6. The highest BCUT2D eigenvalue weighted by Gasteiger charge is 2.29. The minimum Gasteiger partial charge on any atom is -0.464 e. The number of nitrogens with zero attached hydrogens (tertiary/aromatic N) is 1. The summed E-state index contributed by atoms with van der Waals surface area (Å²) in [6.45, 7) is 5.37. The normalized spacial score (nSPS) is 16.2. The SMILES string of the molecule is CCOC(=O)COC1CCN(C(=O)CC(NC(=O)COC2CCNCC2)c2ccccc2OC(=O)c2ccccc2OC(C)=O)CC1. The van der Waals surface area contributed by atoms with E-state index < -0.39 is 29.9 Å². The van der Waals surface area contributed by atoms with Gasteiger partial charge in [-0.1, -0.05) is 30.3 Å². The molecule has 1 unspecified atom stereocenters. The zero-order chi connectivity index (χ0) is 33.6. The number of para-hydroxylation sites is 2. The van der Waals surface area contributed by atoms with Crippen LogP contribution in [-0.4, -0.2) is 92.8 Å². The second-order valence-electron chi connectivity index (χ2n) is 11.3. The van der Waals surface area contributed by atoms with E-state index in [2.05, 4.69) is 10.6 Å². The van der Waals surface area contributed by atoms with Crippen molar-refractivity contribution in [3.63, 3.8) is 0 Å². The second kappa shape index (κ2) is 18.1. The van der Waals surface area contributed by atoms with E-state index in [0.29, 0.717) is 31.5 Å². The monoisotopic (exact) mass is 653 g/mol. The number of esters is 3. The Morgan fingerprint density at radius 2 is 1.49 bits per heavy atom. The van der Waals surface area contributed by atoms with Gasteiger partial charge in [0.2, 0.25) is 11.8 Å². The van der Waals surface area contributed by atoms with Gasteiger partial charge in [-0.3, -0.25) is 14.4 Å². The van der Waals surface area contributed by atoms with Crippen LogP contribution >= 0.6 is 0 Å². The Hall–Kier alpha value is -4.33. The maximum Gasteiger partial charge on any atom is 0.347 e. The Bertz CT molecular complexity index is 1390. The van der Waals surface area contributed by atoms with Crippen molar-refractivity contribution in [2.75, 3.05) is 46.0 Å². The molecule has 2 aromatic rings. The number of piperidine rings is 2. The maximum absolute atomic E-state index is 13.6. The van der Waals surface area contributed by atoms with E-state index in [1.165, 1.54) is 19.1 Å². The van der Waals surface area contributed by atoms with Crippen LogP contribution in [0.25, 0.3) is 0 Å². The van der Waals surface area contributed by atoms with E-state index in [1.54, 1.807) is 48.2 Å². The number of nitrogens with one attached hydrogen (secondary N) is 2. The number of hydrogen-bond donors (Lipinski definition) is 2. The molecule has 1 atom stereocenters. The highest BCUT2D eigenvalue weighted by atomic mass is 16.6. The predicted molar refractivity (Wildman–Crippen MR) is 169 cm³/mol. The molecule has 0 aliphatic carbocycles. The summed E-state index contributed by atoms with van der Waals surface area (Å²) in [7, 11) is 0. The highest BCUT2D eigenvalue weighted by molar-refractivity contribution is 5.95. The van der Waals surface area contributed by atoms with E-state index in [1.807, 2.05) is 0 Å². The van der Waals surface area contributed by atoms with E-state index in [-0.39, 0.29) is 61.4 Å². The Morgan fingerprint density at radius 1 is 0.851 bits per heavy atom. The Morgan fingerprint density at radius 3 is 2.19 bits per heavy atom. The Labute approximate surface area is 274 Å². The van der Waals surface area contributed by atoms with E-state index in [4.69, 9.17) is 23.7 Å². The summed E-state index contributed by atoms with van der Waals surface area (Å²) in [5.74, 6) is -2.22. The van der Waals surface area contributed by atoms with Crippen molar-refractivity contribution in [2.24, 2.45) is 0 Å². The first kappa shape index (κ1) is 35.5. The number of benzene rings is 2. The predicted octanol–water partition coefficient (Wildman–Crippen LogP) is 2.72. The summed E-state index contributed by atoms with van der Waals surface area (Å²) in [5.41, 5.74) is 0.458. The lowest BCUT2D eigenvalue weighted by Crippen LogP contribution is -2.43.